The lowest BCUT2D eigenvalue weighted by atomic mass is 10.2. The van der Waals surface area contributed by atoms with Crippen LogP contribution in [0.2, 0.25) is 0 Å². The number of rotatable bonds is 8. The first-order chi connectivity index (χ1) is 6.92. The van der Waals surface area contributed by atoms with Crippen LogP contribution in [-0.4, -0.2) is 38.7 Å². The summed E-state index contributed by atoms with van der Waals surface area (Å²) in [5.41, 5.74) is 0. The van der Waals surface area contributed by atoms with Crippen molar-refractivity contribution in [2.45, 2.75) is 39.7 Å². The van der Waals surface area contributed by atoms with Gasteiger partial charge in [0.1, 0.15) is 12.6 Å². The zero-order valence-electron chi connectivity index (χ0n) is 9.65. The van der Waals surface area contributed by atoms with E-state index in [0.29, 0.717) is 13.0 Å². The van der Waals surface area contributed by atoms with Gasteiger partial charge in [-0.05, 0) is 20.3 Å². The molecule has 0 aliphatic rings. The van der Waals surface area contributed by atoms with Crippen molar-refractivity contribution < 1.29 is 22.1 Å². The van der Waals surface area contributed by atoms with Gasteiger partial charge in [0.25, 0.3) is 0 Å². The Bertz CT molecular complexity index is 249. The molecule has 0 saturated carbocycles. The molecule has 5 nitrogen and oxygen atoms in total. The number of likely N-dealkylation sites (N-methyl/N-ethyl adjacent to an activating group) is 1. The molecule has 0 radical (unpaired) electrons. The van der Waals surface area contributed by atoms with Gasteiger partial charge in [-0.3, -0.25) is 4.18 Å². The minimum atomic E-state index is -4.57. The fourth-order valence-electron chi connectivity index (χ4n) is 1.53. The highest BCUT2D eigenvalue weighted by Gasteiger charge is 2.17. The molecular weight excluding hydrogens is 218 g/mol. The lowest BCUT2D eigenvalue weighted by molar-refractivity contribution is -0.899. The summed E-state index contributed by atoms with van der Waals surface area (Å²) in [6.45, 7) is 8.35. The molecule has 0 aromatic rings. The molecule has 1 atom stereocenters. The van der Waals surface area contributed by atoms with E-state index in [2.05, 4.69) is 4.18 Å². The molecule has 0 spiro atoms. The van der Waals surface area contributed by atoms with Crippen LogP contribution in [0.3, 0.4) is 0 Å². The molecule has 0 aliphatic carbocycles. The maximum atomic E-state index is 10.5. The molecule has 0 aliphatic heterocycles. The van der Waals surface area contributed by atoms with E-state index < -0.39 is 16.5 Å². The zero-order chi connectivity index (χ0) is 11.9. The normalized spacial score (nSPS) is 14.5. The first-order valence-corrected chi connectivity index (χ1v) is 6.73. The highest BCUT2D eigenvalue weighted by Crippen LogP contribution is 2.03. The summed E-state index contributed by atoms with van der Waals surface area (Å²) in [7, 11) is -4.57. The molecule has 15 heavy (non-hydrogen) atoms. The van der Waals surface area contributed by atoms with Gasteiger partial charge in [-0.1, -0.05) is 13.3 Å². The number of quaternary nitrogens is 1. The molecule has 0 bridgehead atoms. The van der Waals surface area contributed by atoms with Gasteiger partial charge in [0.05, 0.1) is 13.1 Å². The van der Waals surface area contributed by atoms with Crippen molar-refractivity contribution >= 4 is 10.4 Å². The fourth-order valence-corrected chi connectivity index (χ4v) is 2.03. The molecule has 0 rings (SSSR count). The van der Waals surface area contributed by atoms with Crippen molar-refractivity contribution in [1.82, 2.24) is 0 Å². The van der Waals surface area contributed by atoms with Crippen LogP contribution in [0.4, 0.5) is 0 Å². The first kappa shape index (κ1) is 14.8. The second kappa shape index (κ2) is 7.16. The number of hydrogen-bond acceptors (Lipinski definition) is 4. The summed E-state index contributed by atoms with van der Waals surface area (Å²) in [6.07, 6.45) is 0.929. The van der Waals surface area contributed by atoms with Gasteiger partial charge in [0.15, 0.2) is 0 Å². The molecule has 6 heteroatoms. The highest BCUT2D eigenvalue weighted by atomic mass is 32.3. The first-order valence-electron chi connectivity index (χ1n) is 5.40. The van der Waals surface area contributed by atoms with Gasteiger partial charge in [0.2, 0.25) is 10.4 Å². The van der Waals surface area contributed by atoms with E-state index in [1.54, 1.807) is 0 Å². The van der Waals surface area contributed by atoms with Gasteiger partial charge in [-0.15, -0.1) is 0 Å². The van der Waals surface area contributed by atoms with Crippen LogP contribution in [0.25, 0.3) is 0 Å². The molecule has 0 aromatic carbocycles. The van der Waals surface area contributed by atoms with Crippen molar-refractivity contribution in [1.29, 1.82) is 0 Å². The molecule has 0 amide bonds. The highest BCUT2D eigenvalue weighted by molar-refractivity contribution is 7.80. The lowest BCUT2D eigenvalue weighted by Crippen LogP contribution is -3.12. The predicted molar refractivity (Wildman–Crippen MR) is 56.4 cm³/mol. The minimum absolute atomic E-state index is 0.479. The largest absolute Gasteiger partial charge is 0.726 e. The van der Waals surface area contributed by atoms with Gasteiger partial charge >= 0.3 is 0 Å². The van der Waals surface area contributed by atoms with E-state index in [4.69, 9.17) is 0 Å². The third-order valence-electron chi connectivity index (χ3n) is 2.38. The van der Waals surface area contributed by atoms with E-state index in [0.717, 1.165) is 19.5 Å². The van der Waals surface area contributed by atoms with E-state index >= 15 is 0 Å². The van der Waals surface area contributed by atoms with E-state index in [1.807, 2.05) is 20.8 Å². The Kier molecular flexibility index (Phi) is 7.08. The summed E-state index contributed by atoms with van der Waals surface area (Å²) in [5, 5.41) is 0. The summed E-state index contributed by atoms with van der Waals surface area (Å²) in [4.78, 5) is 1.23. The van der Waals surface area contributed by atoms with Gasteiger partial charge < -0.3 is 9.45 Å². The molecule has 1 N–H and O–H groups in total. The Balaban J connectivity index is 4.26. The third kappa shape index (κ3) is 7.72. The second-order valence-electron chi connectivity index (χ2n) is 3.58. The van der Waals surface area contributed by atoms with Crippen LogP contribution < -0.4 is 4.90 Å². The Morgan fingerprint density at radius 3 is 2.13 bits per heavy atom. The van der Waals surface area contributed by atoms with Crippen LogP contribution in [0.5, 0.6) is 0 Å². The standard InChI is InChI=1S/C9H21NO4S/c1-4-7-9(14-15(11,12)13)8-10(5-2)6-3/h9H,4-8H2,1-3H3,(H,11,12,13). The predicted octanol–water partition coefficient (Wildman–Crippen LogP) is -0.443. The van der Waals surface area contributed by atoms with Crippen molar-refractivity contribution in [2.24, 2.45) is 0 Å². The van der Waals surface area contributed by atoms with Crippen molar-refractivity contribution in [3.63, 3.8) is 0 Å². The van der Waals surface area contributed by atoms with Crippen LogP contribution in [-0.2, 0) is 14.6 Å². The SMILES string of the molecule is CCCC(C[NH+](CC)CC)OS(=O)(=O)[O-]. The lowest BCUT2D eigenvalue weighted by Gasteiger charge is -2.23. The average Bonchev–Trinajstić information content (AvgIpc) is 2.11. The molecule has 0 saturated heterocycles. The summed E-state index contributed by atoms with van der Waals surface area (Å²) in [6, 6.07) is 0. The van der Waals surface area contributed by atoms with Crippen molar-refractivity contribution in [3.8, 4) is 0 Å². The van der Waals surface area contributed by atoms with Crippen LogP contribution in [0.15, 0.2) is 0 Å². The van der Waals surface area contributed by atoms with Crippen LogP contribution in [0, 0.1) is 0 Å². The van der Waals surface area contributed by atoms with Gasteiger partial charge in [0, 0.05) is 0 Å². The molecule has 0 heterocycles. The quantitative estimate of drug-likeness (QED) is 0.460. The molecule has 0 aromatic heterocycles. The Hall–Kier alpha value is -0.170. The summed E-state index contributed by atoms with van der Waals surface area (Å²) >= 11 is 0. The minimum Gasteiger partial charge on any atom is -0.726 e. The Morgan fingerprint density at radius 2 is 1.80 bits per heavy atom. The maximum absolute atomic E-state index is 10.5. The topological polar surface area (TPSA) is 70.9 Å². The average molecular weight is 239 g/mol. The molecule has 0 fully saturated rings. The summed E-state index contributed by atoms with van der Waals surface area (Å²) < 4.78 is 36.0. The van der Waals surface area contributed by atoms with Crippen molar-refractivity contribution in [2.75, 3.05) is 19.6 Å². The monoisotopic (exact) mass is 239 g/mol. The van der Waals surface area contributed by atoms with Crippen LogP contribution in [0.1, 0.15) is 33.6 Å². The number of nitrogens with one attached hydrogen (secondary N) is 1. The zero-order valence-corrected chi connectivity index (χ0v) is 10.5. The van der Waals surface area contributed by atoms with Gasteiger partial charge in [-0.25, -0.2) is 8.42 Å². The second-order valence-corrected chi connectivity index (χ2v) is 4.59. The van der Waals surface area contributed by atoms with E-state index in [1.165, 1.54) is 4.90 Å². The smallest absolute Gasteiger partial charge is 0.218 e. The summed E-state index contributed by atoms with van der Waals surface area (Å²) in [5.74, 6) is 0. The fraction of sp³-hybridized carbons (Fsp3) is 1.00. The molecule has 1 unspecified atom stereocenters. The van der Waals surface area contributed by atoms with Crippen molar-refractivity contribution in [3.05, 3.63) is 0 Å². The van der Waals surface area contributed by atoms with Crippen LogP contribution >= 0.6 is 0 Å². The third-order valence-corrected chi connectivity index (χ3v) is 2.89. The number of hydrogen-bond donors (Lipinski definition) is 1. The maximum Gasteiger partial charge on any atom is 0.218 e. The van der Waals surface area contributed by atoms with E-state index in [-0.39, 0.29) is 0 Å². The Labute approximate surface area is 92.4 Å². The van der Waals surface area contributed by atoms with E-state index in [9.17, 15) is 13.0 Å². The Morgan fingerprint density at radius 1 is 1.27 bits per heavy atom. The molecule has 92 valence electrons. The molecular formula is C9H21NO4S. The van der Waals surface area contributed by atoms with Gasteiger partial charge in [-0.2, -0.15) is 0 Å².